The highest BCUT2D eigenvalue weighted by Crippen LogP contribution is 2.23. The molecule has 126 valence electrons. The van der Waals surface area contributed by atoms with Crippen molar-refractivity contribution in [1.82, 2.24) is 4.98 Å². The minimum atomic E-state index is -0.207. The van der Waals surface area contributed by atoms with Crippen LogP contribution in [0.1, 0.15) is 33.5 Å². The Morgan fingerprint density at radius 3 is 2.80 bits per heavy atom. The normalized spacial score (nSPS) is 10.6. The number of hydrogen-bond acceptors (Lipinski definition) is 4. The summed E-state index contributed by atoms with van der Waals surface area (Å²) in [6.45, 7) is 0. The number of methoxy groups -OCH3 is 1. The average Bonchev–Trinajstić information content (AvgIpc) is 2.66. The first kappa shape index (κ1) is 16.8. The maximum absolute atomic E-state index is 11.3. The number of pyridine rings is 1. The van der Waals surface area contributed by atoms with Gasteiger partial charge in [0, 0.05) is 29.8 Å². The highest BCUT2D eigenvalue weighted by Gasteiger charge is 2.07. The molecule has 1 heterocycles. The fourth-order valence-electron chi connectivity index (χ4n) is 2.98. The molecule has 0 unspecified atom stereocenters. The maximum Gasteiger partial charge on any atom is 0.305 e. The number of esters is 1. The first-order valence-electron chi connectivity index (χ1n) is 8.16. The first-order valence-corrected chi connectivity index (χ1v) is 8.16. The van der Waals surface area contributed by atoms with Crippen LogP contribution in [-0.2, 0) is 22.4 Å². The van der Waals surface area contributed by atoms with Gasteiger partial charge in [0.15, 0.2) is 0 Å². The molecule has 0 aliphatic carbocycles. The number of benzene rings is 2. The summed E-state index contributed by atoms with van der Waals surface area (Å²) in [4.78, 5) is 26.7. The second kappa shape index (κ2) is 7.71. The smallest absolute Gasteiger partial charge is 0.305 e. The fourth-order valence-corrected chi connectivity index (χ4v) is 2.98. The third-order valence-electron chi connectivity index (χ3n) is 4.23. The maximum atomic E-state index is 11.3. The van der Waals surface area contributed by atoms with E-state index < -0.39 is 0 Å². The topological polar surface area (TPSA) is 56.3 Å². The lowest BCUT2D eigenvalue weighted by Crippen LogP contribution is -2.02. The second-order valence-corrected chi connectivity index (χ2v) is 5.97. The standard InChI is InChI=1S/C21H19NO3/c1-25-21(24)6-5-15-3-2-4-16(9-15)10-19-12-17(14-23)11-18-7-8-22-13-20(18)19/h2-4,7-9,11-14H,5-6,10H2,1H3. The van der Waals surface area contributed by atoms with Crippen LogP contribution in [-0.4, -0.2) is 24.3 Å². The van der Waals surface area contributed by atoms with E-state index in [1.54, 1.807) is 6.20 Å². The summed E-state index contributed by atoms with van der Waals surface area (Å²) < 4.78 is 4.69. The largest absolute Gasteiger partial charge is 0.469 e. The number of aromatic nitrogens is 1. The SMILES string of the molecule is COC(=O)CCc1cccc(Cc2cc(C=O)cc3ccncc23)c1. The molecule has 0 aliphatic heterocycles. The molecule has 0 atom stereocenters. The van der Waals surface area contributed by atoms with Crippen LogP contribution in [0.5, 0.6) is 0 Å². The van der Waals surface area contributed by atoms with Crippen molar-refractivity contribution in [2.75, 3.05) is 7.11 Å². The average molecular weight is 333 g/mol. The summed E-state index contributed by atoms with van der Waals surface area (Å²) in [7, 11) is 1.40. The van der Waals surface area contributed by atoms with E-state index in [9.17, 15) is 9.59 Å². The van der Waals surface area contributed by atoms with Crippen molar-refractivity contribution in [2.45, 2.75) is 19.3 Å². The van der Waals surface area contributed by atoms with Crippen LogP contribution in [0.25, 0.3) is 10.8 Å². The van der Waals surface area contributed by atoms with Crippen LogP contribution in [0.2, 0.25) is 0 Å². The van der Waals surface area contributed by atoms with Crippen LogP contribution >= 0.6 is 0 Å². The summed E-state index contributed by atoms with van der Waals surface area (Å²) in [6.07, 6.45) is 6.16. The van der Waals surface area contributed by atoms with Gasteiger partial charge in [-0.05, 0) is 53.1 Å². The number of aldehydes is 1. The van der Waals surface area contributed by atoms with Crippen molar-refractivity contribution in [3.8, 4) is 0 Å². The Hall–Kier alpha value is -3.01. The van der Waals surface area contributed by atoms with Gasteiger partial charge in [-0.1, -0.05) is 24.3 Å². The van der Waals surface area contributed by atoms with Crippen molar-refractivity contribution in [2.24, 2.45) is 0 Å². The van der Waals surface area contributed by atoms with Gasteiger partial charge in [-0.3, -0.25) is 14.6 Å². The zero-order valence-corrected chi connectivity index (χ0v) is 14.1. The molecule has 0 aliphatic rings. The van der Waals surface area contributed by atoms with Gasteiger partial charge in [-0.25, -0.2) is 0 Å². The molecule has 2 aromatic carbocycles. The quantitative estimate of drug-likeness (QED) is 0.509. The minimum absolute atomic E-state index is 0.207. The number of carbonyl (C=O) groups is 2. The minimum Gasteiger partial charge on any atom is -0.469 e. The Morgan fingerprint density at radius 1 is 1.16 bits per heavy atom. The molecule has 0 radical (unpaired) electrons. The Balaban J connectivity index is 1.88. The third-order valence-corrected chi connectivity index (χ3v) is 4.23. The highest BCUT2D eigenvalue weighted by molar-refractivity contribution is 5.91. The van der Waals surface area contributed by atoms with Gasteiger partial charge in [-0.15, -0.1) is 0 Å². The van der Waals surface area contributed by atoms with E-state index in [0.717, 1.165) is 33.7 Å². The van der Waals surface area contributed by atoms with Crippen molar-refractivity contribution in [3.63, 3.8) is 0 Å². The van der Waals surface area contributed by atoms with E-state index in [2.05, 4.69) is 17.1 Å². The summed E-state index contributed by atoms with van der Waals surface area (Å²) in [5.74, 6) is -0.207. The molecular weight excluding hydrogens is 314 g/mol. The molecule has 4 nitrogen and oxygen atoms in total. The van der Waals surface area contributed by atoms with Crippen LogP contribution in [0, 0.1) is 0 Å². The summed E-state index contributed by atoms with van der Waals surface area (Å²) in [5, 5.41) is 2.06. The Kier molecular flexibility index (Phi) is 5.19. The number of rotatable bonds is 6. The van der Waals surface area contributed by atoms with E-state index >= 15 is 0 Å². The first-order chi connectivity index (χ1) is 12.2. The Labute approximate surface area is 146 Å². The van der Waals surface area contributed by atoms with E-state index in [-0.39, 0.29) is 5.97 Å². The van der Waals surface area contributed by atoms with Gasteiger partial charge < -0.3 is 4.74 Å². The molecule has 3 rings (SSSR count). The van der Waals surface area contributed by atoms with Crippen molar-refractivity contribution >= 4 is 23.0 Å². The van der Waals surface area contributed by atoms with Gasteiger partial charge >= 0.3 is 5.97 Å². The molecule has 0 saturated heterocycles. The molecule has 0 saturated carbocycles. The Morgan fingerprint density at radius 2 is 2.00 bits per heavy atom. The predicted molar refractivity (Wildman–Crippen MR) is 96.7 cm³/mol. The number of hydrogen-bond donors (Lipinski definition) is 0. The summed E-state index contributed by atoms with van der Waals surface area (Å²) in [5.41, 5.74) is 3.96. The van der Waals surface area contributed by atoms with Gasteiger partial charge in [0.25, 0.3) is 0 Å². The summed E-state index contributed by atoms with van der Waals surface area (Å²) >= 11 is 0. The zero-order chi connectivity index (χ0) is 17.6. The van der Waals surface area contributed by atoms with Gasteiger partial charge in [0.2, 0.25) is 0 Å². The fraction of sp³-hybridized carbons (Fsp3) is 0.190. The second-order valence-electron chi connectivity index (χ2n) is 5.97. The predicted octanol–water partition coefficient (Wildman–Crippen LogP) is 3.74. The number of aryl methyl sites for hydroxylation is 1. The molecule has 1 aromatic heterocycles. The molecule has 4 heteroatoms. The van der Waals surface area contributed by atoms with Crippen LogP contribution < -0.4 is 0 Å². The lowest BCUT2D eigenvalue weighted by molar-refractivity contribution is -0.140. The highest BCUT2D eigenvalue weighted by atomic mass is 16.5. The molecule has 0 bridgehead atoms. The third kappa shape index (κ3) is 4.10. The van der Waals surface area contributed by atoms with Gasteiger partial charge in [0.1, 0.15) is 6.29 Å². The van der Waals surface area contributed by atoms with Crippen LogP contribution in [0.4, 0.5) is 0 Å². The lowest BCUT2D eigenvalue weighted by atomic mass is 9.96. The van der Waals surface area contributed by atoms with Crippen molar-refractivity contribution < 1.29 is 14.3 Å². The molecule has 0 spiro atoms. The van der Waals surface area contributed by atoms with Crippen molar-refractivity contribution in [1.29, 1.82) is 0 Å². The lowest BCUT2D eigenvalue weighted by Gasteiger charge is -2.09. The number of nitrogens with zero attached hydrogens (tertiary/aromatic N) is 1. The number of ether oxygens (including phenoxy) is 1. The Bertz CT molecular complexity index is 918. The zero-order valence-electron chi connectivity index (χ0n) is 14.1. The molecule has 25 heavy (non-hydrogen) atoms. The van der Waals surface area contributed by atoms with Crippen LogP contribution in [0.3, 0.4) is 0 Å². The van der Waals surface area contributed by atoms with Crippen molar-refractivity contribution in [3.05, 3.63) is 77.1 Å². The monoisotopic (exact) mass is 333 g/mol. The van der Waals surface area contributed by atoms with E-state index in [4.69, 9.17) is 4.74 Å². The molecular formula is C21H19NO3. The molecule has 0 N–H and O–H groups in total. The van der Waals surface area contributed by atoms with E-state index in [0.29, 0.717) is 24.8 Å². The molecule has 0 amide bonds. The number of fused-ring (bicyclic) bond motifs is 1. The van der Waals surface area contributed by atoms with E-state index in [1.165, 1.54) is 7.11 Å². The van der Waals surface area contributed by atoms with Gasteiger partial charge in [-0.2, -0.15) is 0 Å². The number of carbonyl (C=O) groups excluding carboxylic acids is 2. The summed E-state index contributed by atoms with van der Waals surface area (Å²) in [6, 6.07) is 13.9. The van der Waals surface area contributed by atoms with Crippen LogP contribution in [0.15, 0.2) is 54.9 Å². The van der Waals surface area contributed by atoms with E-state index in [1.807, 2.05) is 36.5 Å². The molecule has 3 aromatic rings. The molecule has 0 fully saturated rings. The van der Waals surface area contributed by atoms with Gasteiger partial charge in [0.05, 0.1) is 7.11 Å².